The second-order valence-corrected chi connectivity index (χ2v) is 3.33. The second kappa shape index (κ2) is 5.98. The van der Waals surface area contributed by atoms with Crippen LogP contribution in [0.5, 0.6) is 0 Å². The fourth-order valence-corrected chi connectivity index (χ4v) is 1.27. The highest BCUT2D eigenvalue weighted by molar-refractivity contribution is 5.81. The fraction of sp³-hybridized carbons (Fsp3) is 0.900. The van der Waals surface area contributed by atoms with Crippen LogP contribution in [0.15, 0.2) is 0 Å². The summed E-state index contributed by atoms with van der Waals surface area (Å²) in [5, 5.41) is 3.09. The molecule has 1 N–H and O–H groups in total. The maximum Gasteiger partial charge on any atom is 0.328 e. The van der Waals surface area contributed by atoms with Crippen LogP contribution in [0, 0.1) is 0 Å². The largest absolute Gasteiger partial charge is 0.465 e. The quantitative estimate of drug-likeness (QED) is 0.653. The minimum absolute atomic E-state index is 0.221. The predicted octanol–water partition coefficient (Wildman–Crippen LogP) is 0.953. The summed E-state index contributed by atoms with van der Waals surface area (Å²) in [5.41, 5.74) is -0.764. The highest BCUT2D eigenvalue weighted by Crippen LogP contribution is 2.14. The van der Waals surface area contributed by atoms with Gasteiger partial charge in [-0.2, -0.15) is 0 Å². The molecule has 0 aromatic heterocycles. The Morgan fingerprint density at radius 1 is 1.50 bits per heavy atom. The van der Waals surface area contributed by atoms with E-state index in [4.69, 9.17) is 9.47 Å². The molecule has 0 aliphatic carbocycles. The van der Waals surface area contributed by atoms with Crippen LogP contribution in [0.3, 0.4) is 0 Å². The van der Waals surface area contributed by atoms with E-state index in [0.717, 1.165) is 0 Å². The monoisotopic (exact) mass is 203 g/mol. The van der Waals surface area contributed by atoms with E-state index in [1.54, 1.807) is 21.0 Å². The van der Waals surface area contributed by atoms with Gasteiger partial charge in [-0.25, -0.2) is 4.79 Å². The molecule has 84 valence electrons. The first kappa shape index (κ1) is 13.4. The van der Waals surface area contributed by atoms with E-state index >= 15 is 0 Å². The molecule has 0 rings (SSSR count). The van der Waals surface area contributed by atoms with Crippen LogP contribution in [0.1, 0.15) is 27.7 Å². The Morgan fingerprint density at radius 3 is 2.43 bits per heavy atom. The van der Waals surface area contributed by atoms with E-state index < -0.39 is 5.54 Å². The average molecular weight is 203 g/mol. The van der Waals surface area contributed by atoms with E-state index in [-0.39, 0.29) is 12.1 Å². The molecule has 2 atom stereocenters. The van der Waals surface area contributed by atoms with Gasteiger partial charge in [-0.15, -0.1) is 0 Å². The minimum Gasteiger partial charge on any atom is -0.465 e. The van der Waals surface area contributed by atoms with E-state index in [9.17, 15) is 4.79 Å². The van der Waals surface area contributed by atoms with Gasteiger partial charge in [0.05, 0.1) is 12.7 Å². The lowest BCUT2D eigenvalue weighted by atomic mass is 9.96. The van der Waals surface area contributed by atoms with E-state index in [2.05, 4.69) is 5.32 Å². The number of methoxy groups -OCH3 is 1. The fourth-order valence-electron chi connectivity index (χ4n) is 1.27. The Bertz CT molecular complexity index is 184. The highest BCUT2D eigenvalue weighted by atomic mass is 16.5. The van der Waals surface area contributed by atoms with Gasteiger partial charge >= 0.3 is 5.97 Å². The Labute approximate surface area is 86.0 Å². The molecule has 0 saturated heterocycles. The molecule has 0 saturated carbocycles. The molecule has 0 heterocycles. The van der Waals surface area contributed by atoms with Crippen molar-refractivity contribution in [3.63, 3.8) is 0 Å². The van der Waals surface area contributed by atoms with Gasteiger partial charge in [-0.05, 0) is 27.3 Å². The van der Waals surface area contributed by atoms with Gasteiger partial charge in [-0.3, -0.25) is 0 Å². The van der Waals surface area contributed by atoms with Gasteiger partial charge in [0.25, 0.3) is 0 Å². The minimum atomic E-state index is -0.764. The first-order valence-corrected chi connectivity index (χ1v) is 4.97. The van der Waals surface area contributed by atoms with Crippen LogP contribution in [-0.4, -0.2) is 37.9 Å². The van der Waals surface area contributed by atoms with Gasteiger partial charge in [0.2, 0.25) is 0 Å². The molecule has 2 unspecified atom stereocenters. The number of carbonyl (C=O) groups excluding carboxylic acids is 1. The van der Waals surface area contributed by atoms with Crippen molar-refractivity contribution in [1.82, 2.24) is 5.32 Å². The maximum absolute atomic E-state index is 11.7. The van der Waals surface area contributed by atoms with Crippen LogP contribution in [0.4, 0.5) is 0 Å². The Hall–Kier alpha value is -0.610. The molecule has 0 fully saturated rings. The van der Waals surface area contributed by atoms with Crippen molar-refractivity contribution in [3.05, 3.63) is 0 Å². The SMILES string of the molecule is CCNC(C)(C(=O)OCC)C(C)OC. The molecule has 0 aliphatic heterocycles. The molecule has 0 bridgehead atoms. The Balaban J connectivity index is 4.60. The van der Waals surface area contributed by atoms with Gasteiger partial charge in [0.15, 0.2) is 0 Å². The third-order valence-corrected chi connectivity index (χ3v) is 2.41. The van der Waals surface area contributed by atoms with E-state index in [1.807, 2.05) is 13.8 Å². The molecule has 0 radical (unpaired) electrons. The Kier molecular flexibility index (Phi) is 5.72. The van der Waals surface area contributed by atoms with E-state index in [0.29, 0.717) is 13.2 Å². The van der Waals surface area contributed by atoms with E-state index in [1.165, 1.54) is 0 Å². The molecule has 4 nitrogen and oxygen atoms in total. The summed E-state index contributed by atoms with van der Waals surface area (Å²) in [4.78, 5) is 11.7. The number of rotatable bonds is 6. The van der Waals surface area contributed by atoms with Gasteiger partial charge in [-0.1, -0.05) is 6.92 Å². The highest BCUT2D eigenvalue weighted by Gasteiger charge is 2.39. The number of esters is 1. The first-order chi connectivity index (χ1) is 6.52. The second-order valence-electron chi connectivity index (χ2n) is 3.33. The summed E-state index contributed by atoms with van der Waals surface area (Å²) in [6.45, 7) is 8.46. The number of hydrogen-bond acceptors (Lipinski definition) is 4. The van der Waals surface area contributed by atoms with Gasteiger partial charge in [0.1, 0.15) is 5.54 Å². The zero-order valence-corrected chi connectivity index (χ0v) is 9.72. The zero-order valence-electron chi connectivity index (χ0n) is 9.72. The van der Waals surface area contributed by atoms with Crippen molar-refractivity contribution in [2.24, 2.45) is 0 Å². The van der Waals surface area contributed by atoms with Crippen LogP contribution < -0.4 is 5.32 Å². The third kappa shape index (κ3) is 2.96. The Morgan fingerprint density at radius 2 is 2.07 bits per heavy atom. The summed E-state index contributed by atoms with van der Waals surface area (Å²) in [5.74, 6) is -0.267. The van der Waals surface area contributed by atoms with Crippen molar-refractivity contribution >= 4 is 5.97 Å². The van der Waals surface area contributed by atoms with Crippen LogP contribution in [0.25, 0.3) is 0 Å². The molecule has 0 aromatic carbocycles. The lowest BCUT2D eigenvalue weighted by Crippen LogP contribution is -2.58. The molecule has 0 spiro atoms. The summed E-state index contributed by atoms with van der Waals surface area (Å²) in [6.07, 6.45) is -0.221. The normalized spacial score (nSPS) is 17.2. The summed E-state index contributed by atoms with van der Waals surface area (Å²) < 4.78 is 10.2. The summed E-state index contributed by atoms with van der Waals surface area (Å²) in [6, 6.07) is 0. The van der Waals surface area contributed by atoms with Crippen LogP contribution in [0.2, 0.25) is 0 Å². The molecule has 14 heavy (non-hydrogen) atoms. The van der Waals surface area contributed by atoms with Crippen molar-refractivity contribution in [2.75, 3.05) is 20.3 Å². The number of carbonyl (C=O) groups is 1. The summed E-state index contributed by atoms with van der Waals surface area (Å²) in [7, 11) is 1.58. The van der Waals surface area contributed by atoms with Crippen molar-refractivity contribution in [2.45, 2.75) is 39.3 Å². The standard InChI is InChI=1S/C10H21NO3/c1-6-11-10(4,8(3)13-5)9(12)14-7-2/h8,11H,6-7H2,1-5H3. The number of likely N-dealkylation sites (N-methyl/N-ethyl adjacent to an activating group) is 1. The molecule has 0 aromatic rings. The van der Waals surface area contributed by atoms with Crippen molar-refractivity contribution < 1.29 is 14.3 Å². The molecular formula is C10H21NO3. The average Bonchev–Trinajstić information content (AvgIpc) is 2.17. The van der Waals surface area contributed by atoms with Crippen LogP contribution in [-0.2, 0) is 14.3 Å². The molecule has 4 heteroatoms. The van der Waals surface area contributed by atoms with Crippen molar-refractivity contribution in [1.29, 1.82) is 0 Å². The van der Waals surface area contributed by atoms with Gasteiger partial charge in [0, 0.05) is 7.11 Å². The molecule has 0 aliphatic rings. The zero-order chi connectivity index (χ0) is 11.2. The number of nitrogens with one attached hydrogen (secondary N) is 1. The maximum atomic E-state index is 11.7. The first-order valence-electron chi connectivity index (χ1n) is 4.97. The van der Waals surface area contributed by atoms with Gasteiger partial charge < -0.3 is 14.8 Å². The number of hydrogen-bond donors (Lipinski definition) is 1. The topological polar surface area (TPSA) is 47.6 Å². The smallest absolute Gasteiger partial charge is 0.328 e. The summed E-state index contributed by atoms with van der Waals surface area (Å²) >= 11 is 0. The number of ether oxygens (including phenoxy) is 2. The van der Waals surface area contributed by atoms with Crippen molar-refractivity contribution in [3.8, 4) is 0 Å². The predicted molar refractivity (Wildman–Crippen MR) is 55.2 cm³/mol. The molecular weight excluding hydrogens is 182 g/mol. The van der Waals surface area contributed by atoms with Crippen LogP contribution >= 0.6 is 0 Å². The third-order valence-electron chi connectivity index (χ3n) is 2.41. The molecule has 0 amide bonds. The lowest BCUT2D eigenvalue weighted by Gasteiger charge is -2.32. The lowest BCUT2D eigenvalue weighted by molar-refractivity contribution is -0.156.